The highest BCUT2D eigenvalue weighted by Gasteiger charge is 2.19. The van der Waals surface area contributed by atoms with Gasteiger partial charge < -0.3 is 14.8 Å². The highest BCUT2D eigenvalue weighted by atomic mass is 127. The highest BCUT2D eigenvalue weighted by molar-refractivity contribution is 14.1. The number of anilines is 2. The number of hydrogen-bond acceptors (Lipinski definition) is 4. The van der Waals surface area contributed by atoms with Gasteiger partial charge in [-0.15, -0.1) is 0 Å². The summed E-state index contributed by atoms with van der Waals surface area (Å²) in [5.41, 5.74) is 1.03. The number of ether oxygens (including phenoxy) is 2. The Hall–Kier alpha value is -2.29. The number of urea groups is 1. The van der Waals surface area contributed by atoms with Gasteiger partial charge >= 0.3 is 6.03 Å². The van der Waals surface area contributed by atoms with E-state index >= 15 is 0 Å². The number of amides is 3. The second kappa shape index (κ2) is 6.86. The average Bonchev–Trinajstić information content (AvgIpc) is 2.55. The number of nitrogens with one attached hydrogen (secondary N) is 1. The summed E-state index contributed by atoms with van der Waals surface area (Å²) >= 11 is 2.15. The van der Waals surface area contributed by atoms with Crippen LogP contribution in [-0.2, 0) is 4.79 Å². The van der Waals surface area contributed by atoms with E-state index in [2.05, 4.69) is 27.9 Å². The first-order valence-corrected chi connectivity index (χ1v) is 7.96. The summed E-state index contributed by atoms with van der Waals surface area (Å²) in [5.74, 6) is 1.12. The molecule has 6 nitrogen and oxygen atoms in total. The van der Waals surface area contributed by atoms with E-state index in [1.165, 1.54) is 0 Å². The molecule has 7 heteroatoms. The fraction of sp³-hybridized carbons (Fsp3) is 0.125. The molecule has 1 N–H and O–H groups in total. The van der Waals surface area contributed by atoms with Crippen LogP contribution in [0.4, 0.5) is 16.2 Å². The Balaban J connectivity index is 1.81. The molecule has 0 saturated carbocycles. The van der Waals surface area contributed by atoms with Gasteiger partial charge in [0, 0.05) is 15.3 Å². The second-order valence-corrected chi connectivity index (χ2v) is 5.99. The van der Waals surface area contributed by atoms with E-state index in [9.17, 15) is 9.59 Å². The monoisotopic (exact) mass is 424 g/mol. The Kier molecular flexibility index (Phi) is 4.65. The summed E-state index contributed by atoms with van der Waals surface area (Å²) in [6.45, 7) is 0.920. The summed E-state index contributed by atoms with van der Waals surface area (Å²) < 4.78 is 11.9. The third-order valence-corrected chi connectivity index (χ3v) is 3.88. The number of nitrogens with zero attached hydrogens (tertiary/aromatic N) is 1. The molecule has 0 saturated heterocycles. The maximum absolute atomic E-state index is 12.3. The van der Waals surface area contributed by atoms with E-state index in [-0.39, 0.29) is 0 Å². The van der Waals surface area contributed by atoms with Crippen LogP contribution in [0.2, 0.25) is 0 Å². The Morgan fingerprint density at radius 2 is 1.91 bits per heavy atom. The molecule has 0 fully saturated rings. The molecule has 1 aliphatic heterocycles. The van der Waals surface area contributed by atoms with Crippen molar-refractivity contribution in [3.05, 3.63) is 46.0 Å². The van der Waals surface area contributed by atoms with Gasteiger partial charge in [0.15, 0.2) is 11.5 Å². The van der Waals surface area contributed by atoms with Gasteiger partial charge in [-0.25, -0.2) is 9.69 Å². The Bertz CT molecular complexity index is 751. The van der Waals surface area contributed by atoms with Crippen molar-refractivity contribution in [2.24, 2.45) is 0 Å². The van der Waals surface area contributed by atoms with Gasteiger partial charge in [0.2, 0.25) is 6.41 Å². The fourth-order valence-electron chi connectivity index (χ4n) is 2.16. The number of carbonyl (C=O) groups is 2. The minimum atomic E-state index is -0.543. The molecule has 2 aromatic carbocycles. The number of carbonyl (C=O) groups excluding carboxylic acids is 2. The molecule has 0 atom stereocenters. The van der Waals surface area contributed by atoms with Crippen LogP contribution in [0.15, 0.2) is 42.5 Å². The third kappa shape index (κ3) is 3.55. The SMILES string of the molecule is O=CN(C(=O)Nc1cccc(I)c1)c1ccc2c(c1)OCCO2. The van der Waals surface area contributed by atoms with Gasteiger partial charge in [-0.1, -0.05) is 6.07 Å². The molecule has 0 unspecified atom stereocenters. The maximum atomic E-state index is 12.3. The topological polar surface area (TPSA) is 67.9 Å². The van der Waals surface area contributed by atoms with Crippen molar-refractivity contribution in [1.82, 2.24) is 0 Å². The van der Waals surface area contributed by atoms with Crippen LogP contribution in [-0.4, -0.2) is 25.7 Å². The maximum Gasteiger partial charge on any atom is 0.332 e. The predicted octanol–water partition coefficient (Wildman–Crippen LogP) is 3.26. The molecule has 2 aromatic rings. The smallest absolute Gasteiger partial charge is 0.332 e. The molecule has 0 spiro atoms. The van der Waals surface area contributed by atoms with Crippen molar-refractivity contribution in [1.29, 1.82) is 0 Å². The summed E-state index contributed by atoms with van der Waals surface area (Å²) in [7, 11) is 0. The van der Waals surface area contributed by atoms with Gasteiger partial charge in [-0.05, 0) is 52.9 Å². The lowest BCUT2D eigenvalue weighted by atomic mass is 10.2. The van der Waals surface area contributed by atoms with Crippen molar-refractivity contribution < 1.29 is 19.1 Å². The van der Waals surface area contributed by atoms with E-state index in [4.69, 9.17) is 9.47 Å². The molecule has 3 rings (SSSR count). The lowest BCUT2D eigenvalue weighted by molar-refractivity contribution is -0.106. The Labute approximate surface area is 146 Å². The van der Waals surface area contributed by atoms with Crippen LogP contribution in [0.5, 0.6) is 11.5 Å². The lowest BCUT2D eigenvalue weighted by Crippen LogP contribution is -2.33. The van der Waals surface area contributed by atoms with Gasteiger partial charge in [0.05, 0.1) is 5.69 Å². The van der Waals surface area contributed by atoms with Crippen molar-refractivity contribution in [2.45, 2.75) is 0 Å². The van der Waals surface area contributed by atoms with E-state index < -0.39 is 6.03 Å². The zero-order chi connectivity index (χ0) is 16.2. The number of fused-ring (bicyclic) bond motifs is 1. The highest BCUT2D eigenvalue weighted by Crippen LogP contribution is 2.33. The van der Waals surface area contributed by atoms with Crippen molar-refractivity contribution in [2.75, 3.05) is 23.4 Å². The molecule has 23 heavy (non-hydrogen) atoms. The van der Waals surface area contributed by atoms with E-state index in [0.29, 0.717) is 42.5 Å². The van der Waals surface area contributed by atoms with E-state index in [1.54, 1.807) is 24.3 Å². The van der Waals surface area contributed by atoms with Crippen molar-refractivity contribution in [3.8, 4) is 11.5 Å². The largest absolute Gasteiger partial charge is 0.486 e. The quantitative estimate of drug-likeness (QED) is 0.607. The van der Waals surface area contributed by atoms with Gasteiger partial charge in [-0.2, -0.15) is 0 Å². The number of halogens is 1. The summed E-state index contributed by atoms with van der Waals surface area (Å²) in [6, 6.07) is 11.7. The molecule has 0 radical (unpaired) electrons. The summed E-state index contributed by atoms with van der Waals surface area (Å²) in [5, 5.41) is 2.69. The summed E-state index contributed by atoms with van der Waals surface area (Å²) in [6.07, 6.45) is 0.467. The second-order valence-electron chi connectivity index (χ2n) is 4.74. The fourth-order valence-corrected chi connectivity index (χ4v) is 2.70. The lowest BCUT2D eigenvalue weighted by Gasteiger charge is -2.21. The Morgan fingerprint density at radius 1 is 1.13 bits per heavy atom. The minimum Gasteiger partial charge on any atom is -0.486 e. The number of hydrogen-bond donors (Lipinski definition) is 1. The van der Waals surface area contributed by atoms with Crippen LogP contribution >= 0.6 is 22.6 Å². The molecule has 3 amide bonds. The number of imide groups is 1. The van der Waals surface area contributed by atoms with Crippen molar-refractivity contribution >= 4 is 46.4 Å². The zero-order valence-corrected chi connectivity index (χ0v) is 14.1. The molecule has 0 aromatic heterocycles. The van der Waals surface area contributed by atoms with Gasteiger partial charge in [-0.3, -0.25) is 4.79 Å². The van der Waals surface area contributed by atoms with Crippen molar-refractivity contribution in [3.63, 3.8) is 0 Å². The van der Waals surface area contributed by atoms with Crippen LogP contribution in [0.3, 0.4) is 0 Å². The molecule has 1 heterocycles. The normalized spacial score (nSPS) is 12.4. The Morgan fingerprint density at radius 3 is 2.65 bits per heavy atom. The standard InChI is InChI=1S/C16H13IN2O4/c17-11-2-1-3-12(8-11)18-16(21)19(10-20)13-4-5-14-15(9-13)23-7-6-22-14/h1-5,8-10H,6-7H2,(H,18,21). The number of rotatable bonds is 3. The minimum absolute atomic E-state index is 0.410. The molecular formula is C16H13IN2O4. The molecule has 0 bridgehead atoms. The molecule has 1 aliphatic rings. The van der Waals surface area contributed by atoms with Crippen LogP contribution in [0, 0.1) is 3.57 Å². The van der Waals surface area contributed by atoms with E-state index in [1.807, 2.05) is 18.2 Å². The van der Waals surface area contributed by atoms with Crippen LogP contribution in [0.25, 0.3) is 0 Å². The van der Waals surface area contributed by atoms with Gasteiger partial charge in [0.1, 0.15) is 13.2 Å². The van der Waals surface area contributed by atoms with Gasteiger partial charge in [0.25, 0.3) is 0 Å². The van der Waals surface area contributed by atoms with Crippen LogP contribution < -0.4 is 19.7 Å². The first kappa shape index (κ1) is 15.6. The third-order valence-electron chi connectivity index (χ3n) is 3.20. The molecule has 0 aliphatic carbocycles. The summed E-state index contributed by atoms with van der Waals surface area (Å²) in [4.78, 5) is 24.7. The molecule has 118 valence electrons. The van der Waals surface area contributed by atoms with Crippen LogP contribution in [0.1, 0.15) is 0 Å². The average molecular weight is 424 g/mol. The molecular weight excluding hydrogens is 411 g/mol. The first-order chi connectivity index (χ1) is 11.2. The van der Waals surface area contributed by atoms with E-state index in [0.717, 1.165) is 8.47 Å². The number of benzene rings is 2. The first-order valence-electron chi connectivity index (χ1n) is 6.88. The zero-order valence-electron chi connectivity index (χ0n) is 12.0. The predicted molar refractivity (Wildman–Crippen MR) is 94.2 cm³/mol.